The van der Waals surface area contributed by atoms with Gasteiger partial charge in [0.25, 0.3) is 0 Å². The van der Waals surface area contributed by atoms with Crippen molar-refractivity contribution in [2.45, 2.75) is 31.5 Å². The van der Waals surface area contributed by atoms with Gasteiger partial charge >= 0.3 is 5.69 Å². The van der Waals surface area contributed by atoms with Crippen molar-refractivity contribution in [1.29, 1.82) is 0 Å². The summed E-state index contributed by atoms with van der Waals surface area (Å²) in [5.41, 5.74) is 5.66. The summed E-state index contributed by atoms with van der Waals surface area (Å²) < 4.78 is 12.0. The standard InChI is InChI=1S/C13H19N3O5/c1-2-3-20-7-8-5-16(13(19)15-12(8)14)11-4-9(18)10(6-17)21-11/h2,5,9-11,17-18H,1,3-4,6-7H2,(H2,14,15,19)/t9?,10-,11-/m1/s1. The fourth-order valence-electron chi connectivity index (χ4n) is 2.14. The van der Waals surface area contributed by atoms with Gasteiger partial charge in [0, 0.05) is 18.2 Å². The second kappa shape index (κ2) is 6.81. The summed E-state index contributed by atoms with van der Waals surface area (Å²) in [5.74, 6) is 0.0950. The van der Waals surface area contributed by atoms with Crippen molar-refractivity contribution < 1.29 is 19.7 Å². The number of nitrogens with zero attached hydrogens (tertiary/aromatic N) is 2. The number of aliphatic hydroxyl groups is 2. The van der Waals surface area contributed by atoms with E-state index in [1.807, 2.05) is 0 Å². The van der Waals surface area contributed by atoms with Crippen molar-refractivity contribution in [3.05, 3.63) is 34.9 Å². The van der Waals surface area contributed by atoms with Crippen LogP contribution in [0, 0.1) is 0 Å². The summed E-state index contributed by atoms with van der Waals surface area (Å²) in [6.45, 7) is 3.76. The average molecular weight is 297 g/mol. The maximum atomic E-state index is 11.9. The molecule has 1 aromatic heterocycles. The summed E-state index contributed by atoms with van der Waals surface area (Å²) in [6.07, 6.45) is 1.08. The van der Waals surface area contributed by atoms with E-state index in [9.17, 15) is 9.90 Å². The van der Waals surface area contributed by atoms with Gasteiger partial charge in [-0.3, -0.25) is 4.57 Å². The molecule has 0 amide bonds. The van der Waals surface area contributed by atoms with E-state index in [4.69, 9.17) is 20.3 Å². The monoisotopic (exact) mass is 297 g/mol. The highest BCUT2D eigenvalue weighted by atomic mass is 16.5. The Hall–Kier alpha value is -1.74. The van der Waals surface area contributed by atoms with Gasteiger partial charge in [0.1, 0.15) is 18.1 Å². The average Bonchev–Trinajstić information content (AvgIpc) is 2.82. The zero-order chi connectivity index (χ0) is 15.4. The van der Waals surface area contributed by atoms with E-state index in [-0.39, 0.29) is 25.5 Å². The molecule has 4 N–H and O–H groups in total. The Morgan fingerprint density at radius 3 is 3.05 bits per heavy atom. The zero-order valence-electron chi connectivity index (χ0n) is 11.5. The van der Waals surface area contributed by atoms with Crippen LogP contribution in [-0.2, 0) is 16.1 Å². The molecule has 8 heteroatoms. The van der Waals surface area contributed by atoms with E-state index >= 15 is 0 Å². The first-order chi connectivity index (χ1) is 10.1. The summed E-state index contributed by atoms with van der Waals surface area (Å²) in [6, 6.07) is 0. The molecule has 1 aliphatic rings. The van der Waals surface area contributed by atoms with Crippen LogP contribution in [0.25, 0.3) is 0 Å². The maximum absolute atomic E-state index is 11.9. The van der Waals surface area contributed by atoms with Gasteiger partial charge in [-0.2, -0.15) is 4.98 Å². The Kier molecular flexibility index (Phi) is 5.07. The molecular weight excluding hydrogens is 278 g/mol. The highest BCUT2D eigenvalue weighted by Crippen LogP contribution is 2.27. The quantitative estimate of drug-likeness (QED) is 0.463. The molecule has 8 nitrogen and oxygen atoms in total. The predicted molar refractivity (Wildman–Crippen MR) is 74.4 cm³/mol. The number of hydrogen-bond donors (Lipinski definition) is 3. The molecule has 0 spiro atoms. The van der Waals surface area contributed by atoms with E-state index in [2.05, 4.69) is 11.6 Å². The highest BCUT2D eigenvalue weighted by Gasteiger charge is 2.35. The summed E-state index contributed by atoms with van der Waals surface area (Å²) >= 11 is 0. The molecule has 0 aromatic carbocycles. The Bertz CT molecular complexity index is 559. The van der Waals surface area contributed by atoms with Crippen LogP contribution in [-0.4, -0.2) is 45.2 Å². The lowest BCUT2D eigenvalue weighted by atomic mass is 10.2. The van der Waals surface area contributed by atoms with Crippen LogP contribution in [0.3, 0.4) is 0 Å². The minimum Gasteiger partial charge on any atom is -0.394 e. The van der Waals surface area contributed by atoms with Gasteiger partial charge in [0.2, 0.25) is 0 Å². The third kappa shape index (κ3) is 3.48. The van der Waals surface area contributed by atoms with Crippen LogP contribution >= 0.6 is 0 Å². The number of nitrogens with two attached hydrogens (primary N) is 1. The third-order valence-corrected chi connectivity index (χ3v) is 3.25. The predicted octanol–water partition coefficient (Wildman–Crippen LogP) is -0.831. The van der Waals surface area contributed by atoms with Crippen molar-refractivity contribution in [2.24, 2.45) is 0 Å². The normalized spacial score (nSPS) is 25.1. The molecular formula is C13H19N3O5. The molecule has 2 rings (SSSR count). The van der Waals surface area contributed by atoms with Crippen LogP contribution in [0.1, 0.15) is 18.2 Å². The largest absolute Gasteiger partial charge is 0.394 e. The molecule has 0 aliphatic carbocycles. The molecule has 1 fully saturated rings. The molecule has 1 saturated heterocycles. The lowest BCUT2D eigenvalue weighted by Gasteiger charge is -2.16. The van der Waals surface area contributed by atoms with Gasteiger partial charge in [-0.1, -0.05) is 6.08 Å². The lowest BCUT2D eigenvalue weighted by molar-refractivity contribution is -0.0460. The van der Waals surface area contributed by atoms with Crippen LogP contribution in [0.5, 0.6) is 0 Å². The first kappa shape index (κ1) is 15.6. The summed E-state index contributed by atoms with van der Waals surface area (Å²) in [7, 11) is 0. The number of aliphatic hydroxyl groups excluding tert-OH is 2. The van der Waals surface area contributed by atoms with E-state index in [1.165, 1.54) is 10.8 Å². The summed E-state index contributed by atoms with van der Waals surface area (Å²) in [4.78, 5) is 15.6. The smallest absolute Gasteiger partial charge is 0.351 e. The van der Waals surface area contributed by atoms with Crippen LogP contribution in [0.15, 0.2) is 23.6 Å². The van der Waals surface area contributed by atoms with Gasteiger partial charge in [-0.15, -0.1) is 6.58 Å². The van der Waals surface area contributed by atoms with E-state index < -0.39 is 24.1 Å². The topological polar surface area (TPSA) is 120 Å². The number of ether oxygens (including phenoxy) is 2. The van der Waals surface area contributed by atoms with Gasteiger partial charge in [0.05, 0.1) is 25.9 Å². The molecule has 116 valence electrons. The fourth-order valence-corrected chi connectivity index (χ4v) is 2.14. The number of rotatable bonds is 6. The molecule has 0 bridgehead atoms. The molecule has 21 heavy (non-hydrogen) atoms. The Labute approximate surface area is 121 Å². The van der Waals surface area contributed by atoms with Crippen molar-refractivity contribution in [1.82, 2.24) is 9.55 Å². The first-order valence-electron chi connectivity index (χ1n) is 6.57. The number of aromatic nitrogens is 2. The van der Waals surface area contributed by atoms with Gasteiger partial charge < -0.3 is 25.4 Å². The minimum atomic E-state index is -0.829. The second-order valence-corrected chi connectivity index (χ2v) is 4.76. The second-order valence-electron chi connectivity index (χ2n) is 4.76. The third-order valence-electron chi connectivity index (χ3n) is 3.25. The molecule has 2 heterocycles. The number of nitrogen functional groups attached to an aromatic ring is 1. The van der Waals surface area contributed by atoms with Crippen LogP contribution < -0.4 is 11.4 Å². The van der Waals surface area contributed by atoms with Crippen molar-refractivity contribution in [3.8, 4) is 0 Å². The van der Waals surface area contributed by atoms with E-state index in [0.717, 1.165) is 0 Å². The number of anilines is 1. The minimum absolute atomic E-state index is 0.0950. The van der Waals surface area contributed by atoms with Gasteiger partial charge in [0.15, 0.2) is 0 Å². The zero-order valence-corrected chi connectivity index (χ0v) is 11.5. The molecule has 3 atom stereocenters. The highest BCUT2D eigenvalue weighted by molar-refractivity contribution is 5.36. The van der Waals surface area contributed by atoms with E-state index in [0.29, 0.717) is 12.2 Å². The molecule has 1 aromatic rings. The molecule has 1 unspecified atom stereocenters. The fraction of sp³-hybridized carbons (Fsp3) is 0.538. The summed E-state index contributed by atoms with van der Waals surface area (Å²) in [5, 5.41) is 18.8. The van der Waals surface area contributed by atoms with Crippen LogP contribution in [0.2, 0.25) is 0 Å². The van der Waals surface area contributed by atoms with Crippen LogP contribution in [0.4, 0.5) is 5.82 Å². The van der Waals surface area contributed by atoms with E-state index in [1.54, 1.807) is 6.08 Å². The van der Waals surface area contributed by atoms with Crippen molar-refractivity contribution >= 4 is 5.82 Å². The molecule has 1 aliphatic heterocycles. The Morgan fingerprint density at radius 1 is 1.67 bits per heavy atom. The Balaban J connectivity index is 2.21. The molecule has 0 saturated carbocycles. The maximum Gasteiger partial charge on any atom is 0.351 e. The first-order valence-corrected chi connectivity index (χ1v) is 6.57. The van der Waals surface area contributed by atoms with Crippen molar-refractivity contribution in [3.63, 3.8) is 0 Å². The SMILES string of the molecule is C=CCOCc1cn([C@H]2CC(O)[C@@H](CO)O2)c(=O)nc1N. The Morgan fingerprint density at radius 2 is 2.43 bits per heavy atom. The number of hydrogen-bond acceptors (Lipinski definition) is 7. The molecule has 0 radical (unpaired) electrons. The van der Waals surface area contributed by atoms with Gasteiger partial charge in [-0.05, 0) is 0 Å². The van der Waals surface area contributed by atoms with Crippen molar-refractivity contribution in [2.75, 3.05) is 18.9 Å². The van der Waals surface area contributed by atoms with Gasteiger partial charge in [-0.25, -0.2) is 4.79 Å². The lowest BCUT2D eigenvalue weighted by Crippen LogP contribution is -2.29.